The quantitative estimate of drug-likeness (QED) is 0.626. The van der Waals surface area contributed by atoms with Gasteiger partial charge in [0.05, 0.1) is 5.02 Å². The number of halogens is 2. The molecule has 5 heteroatoms. The van der Waals surface area contributed by atoms with Crippen LogP contribution < -0.4 is 10.1 Å². The molecule has 0 bridgehead atoms. The van der Waals surface area contributed by atoms with E-state index in [1.54, 1.807) is 18.2 Å². The number of rotatable bonds is 5. The van der Waals surface area contributed by atoms with Crippen LogP contribution in [-0.2, 0) is 4.79 Å². The second-order valence-electron chi connectivity index (χ2n) is 5.35. The summed E-state index contributed by atoms with van der Waals surface area (Å²) < 4.78 is 5.42. The predicted octanol–water partition coefficient (Wildman–Crippen LogP) is 5.68. The Morgan fingerprint density at radius 1 is 0.880 bits per heavy atom. The zero-order chi connectivity index (χ0) is 17.6. The summed E-state index contributed by atoms with van der Waals surface area (Å²) in [4.78, 5) is 12.0. The smallest absolute Gasteiger partial charge is 0.262 e. The molecule has 0 saturated carbocycles. The highest BCUT2D eigenvalue weighted by atomic mass is 35.5. The Balaban J connectivity index is 1.57. The van der Waals surface area contributed by atoms with Crippen LogP contribution in [0.2, 0.25) is 10.0 Å². The number of hydrogen-bond donors (Lipinski definition) is 1. The number of nitrogens with one attached hydrogen (secondary N) is 1. The molecule has 0 aliphatic rings. The van der Waals surface area contributed by atoms with Crippen LogP contribution in [0.3, 0.4) is 0 Å². The van der Waals surface area contributed by atoms with E-state index in [2.05, 4.69) is 5.32 Å². The summed E-state index contributed by atoms with van der Waals surface area (Å²) >= 11 is 11.8. The minimum absolute atomic E-state index is 0.137. The first-order valence-corrected chi connectivity index (χ1v) is 8.40. The summed E-state index contributed by atoms with van der Waals surface area (Å²) in [5, 5.41) is 3.67. The van der Waals surface area contributed by atoms with Gasteiger partial charge in [0.25, 0.3) is 5.91 Å². The Hall–Kier alpha value is -2.49. The summed E-state index contributed by atoms with van der Waals surface area (Å²) in [5.74, 6) is 0.152. The summed E-state index contributed by atoms with van der Waals surface area (Å²) in [7, 11) is 0. The molecular weight excluding hydrogens is 357 g/mol. The highest BCUT2D eigenvalue weighted by molar-refractivity contribution is 6.35. The van der Waals surface area contributed by atoms with Crippen LogP contribution in [0.4, 0.5) is 5.69 Å². The van der Waals surface area contributed by atoms with Crippen molar-refractivity contribution in [2.45, 2.75) is 0 Å². The van der Waals surface area contributed by atoms with Crippen LogP contribution >= 0.6 is 23.2 Å². The van der Waals surface area contributed by atoms with Crippen molar-refractivity contribution in [3.05, 3.63) is 82.8 Å². The van der Waals surface area contributed by atoms with E-state index in [4.69, 9.17) is 27.9 Å². The van der Waals surface area contributed by atoms with Crippen LogP contribution in [0.5, 0.6) is 5.75 Å². The Morgan fingerprint density at radius 3 is 2.24 bits per heavy atom. The van der Waals surface area contributed by atoms with Gasteiger partial charge in [-0.2, -0.15) is 0 Å². The highest BCUT2D eigenvalue weighted by Gasteiger charge is 2.07. The number of benzene rings is 3. The molecular formula is C20H15Cl2NO2. The Bertz CT molecular complexity index is 865. The summed E-state index contributed by atoms with van der Waals surface area (Å²) in [6, 6.07) is 22.5. The largest absolute Gasteiger partial charge is 0.482 e. The molecule has 0 spiro atoms. The second kappa shape index (κ2) is 8.06. The van der Waals surface area contributed by atoms with E-state index >= 15 is 0 Å². The third-order valence-electron chi connectivity index (χ3n) is 3.53. The maximum Gasteiger partial charge on any atom is 0.262 e. The summed E-state index contributed by atoms with van der Waals surface area (Å²) in [5.41, 5.74) is 2.92. The van der Waals surface area contributed by atoms with Gasteiger partial charge in [-0.25, -0.2) is 0 Å². The molecule has 0 fully saturated rings. The van der Waals surface area contributed by atoms with Crippen molar-refractivity contribution in [2.75, 3.05) is 11.9 Å². The fourth-order valence-electron chi connectivity index (χ4n) is 2.31. The van der Waals surface area contributed by atoms with Crippen molar-refractivity contribution in [3.63, 3.8) is 0 Å². The first-order chi connectivity index (χ1) is 12.1. The van der Waals surface area contributed by atoms with Crippen molar-refractivity contribution in [1.29, 1.82) is 0 Å². The first kappa shape index (κ1) is 17.3. The van der Waals surface area contributed by atoms with E-state index in [0.717, 1.165) is 11.1 Å². The van der Waals surface area contributed by atoms with Crippen LogP contribution in [-0.4, -0.2) is 12.5 Å². The third-order valence-corrected chi connectivity index (χ3v) is 4.06. The zero-order valence-electron chi connectivity index (χ0n) is 13.2. The standard InChI is InChI=1S/C20H15Cl2NO2/c21-16-8-11-19(18(22)12-16)25-13-20(24)23-17-9-6-15(7-10-17)14-4-2-1-3-5-14/h1-12H,13H2,(H,23,24). The number of anilines is 1. The Kier molecular flexibility index (Phi) is 5.59. The minimum atomic E-state index is -0.265. The monoisotopic (exact) mass is 371 g/mol. The fourth-order valence-corrected chi connectivity index (χ4v) is 2.77. The lowest BCUT2D eigenvalue weighted by atomic mass is 10.1. The fraction of sp³-hybridized carbons (Fsp3) is 0.0500. The molecule has 0 aliphatic heterocycles. The van der Waals surface area contributed by atoms with E-state index in [-0.39, 0.29) is 12.5 Å². The molecule has 0 radical (unpaired) electrons. The van der Waals surface area contributed by atoms with Gasteiger partial charge in [-0.3, -0.25) is 4.79 Å². The molecule has 0 aliphatic carbocycles. The van der Waals surface area contributed by atoms with Crippen molar-refractivity contribution in [3.8, 4) is 16.9 Å². The Morgan fingerprint density at radius 2 is 1.56 bits per heavy atom. The number of hydrogen-bond acceptors (Lipinski definition) is 2. The Labute approximate surface area is 156 Å². The highest BCUT2D eigenvalue weighted by Crippen LogP contribution is 2.27. The SMILES string of the molecule is O=C(COc1ccc(Cl)cc1Cl)Nc1ccc(-c2ccccc2)cc1. The van der Waals surface area contributed by atoms with E-state index < -0.39 is 0 Å². The van der Waals surface area contributed by atoms with Gasteiger partial charge in [0, 0.05) is 10.7 Å². The number of carbonyl (C=O) groups excluding carboxylic acids is 1. The molecule has 3 rings (SSSR count). The van der Waals surface area contributed by atoms with Gasteiger partial charge in [-0.15, -0.1) is 0 Å². The van der Waals surface area contributed by atoms with Crippen LogP contribution in [0.25, 0.3) is 11.1 Å². The van der Waals surface area contributed by atoms with Crippen molar-refractivity contribution in [1.82, 2.24) is 0 Å². The topological polar surface area (TPSA) is 38.3 Å². The van der Waals surface area contributed by atoms with Gasteiger partial charge in [0.1, 0.15) is 5.75 Å². The molecule has 0 atom stereocenters. The second-order valence-corrected chi connectivity index (χ2v) is 6.20. The van der Waals surface area contributed by atoms with E-state index in [1.165, 1.54) is 0 Å². The molecule has 3 nitrogen and oxygen atoms in total. The maximum atomic E-state index is 12.0. The molecule has 0 saturated heterocycles. The van der Waals surface area contributed by atoms with Crippen molar-refractivity contribution >= 4 is 34.8 Å². The lowest BCUT2D eigenvalue weighted by molar-refractivity contribution is -0.118. The minimum Gasteiger partial charge on any atom is -0.482 e. The molecule has 0 heterocycles. The number of amides is 1. The molecule has 25 heavy (non-hydrogen) atoms. The van der Waals surface area contributed by atoms with Gasteiger partial charge >= 0.3 is 0 Å². The van der Waals surface area contributed by atoms with E-state index in [1.807, 2.05) is 54.6 Å². The van der Waals surface area contributed by atoms with Crippen LogP contribution in [0, 0.1) is 0 Å². The summed E-state index contributed by atoms with van der Waals surface area (Å²) in [6.07, 6.45) is 0. The van der Waals surface area contributed by atoms with Gasteiger partial charge in [0.15, 0.2) is 6.61 Å². The molecule has 3 aromatic rings. The van der Waals surface area contributed by atoms with Crippen LogP contribution in [0.15, 0.2) is 72.8 Å². The van der Waals surface area contributed by atoms with Gasteiger partial charge in [0.2, 0.25) is 0 Å². The average Bonchev–Trinajstić information content (AvgIpc) is 2.62. The third kappa shape index (κ3) is 4.75. The zero-order valence-corrected chi connectivity index (χ0v) is 14.7. The molecule has 0 unspecified atom stereocenters. The lowest BCUT2D eigenvalue weighted by Gasteiger charge is -2.09. The number of carbonyl (C=O) groups is 1. The molecule has 3 aromatic carbocycles. The molecule has 0 aromatic heterocycles. The number of ether oxygens (including phenoxy) is 1. The van der Waals surface area contributed by atoms with Crippen molar-refractivity contribution in [2.24, 2.45) is 0 Å². The summed E-state index contributed by atoms with van der Waals surface area (Å²) in [6.45, 7) is -0.137. The maximum absolute atomic E-state index is 12.0. The molecule has 1 amide bonds. The van der Waals surface area contributed by atoms with Gasteiger partial charge in [-0.05, 0) is 41.5 Å². The van der Waals surface area contributed by atoms with Gasteiger partial charge in [-0.1, -0.05) is 65.7 Å². The first-order valence-electron chi connectivity index (χ1n) is 7.65. The van der Waals surface area contributed by atoms with E-state index in [0.29, 0.717) is 21.5 Å². The predicted molar refractivity (Wildman–Crippen MR) is 102 cm³/mol. The average molecular weight is 372 g/mol. The van der Waals surface area contributed by atoms with Gasteiger partial charge < -0.3 is 10.1 Å². The van der Waals surface area contributed by atoms with Crippen LogP contribution in [0.1, 0.15) is 0 Å². The van der Waals surface area contributed by atoms with E-state index in [9.17, 15) is 4.79 Å². The molecule has 1 N–H and O–H groups in total. The van der Waals surface area contributed by atoms with Crippen molar-refractivity contribution < 1.29 is 9.53 Å². The lowest BCUT2D eigenvalue weighted by Crippen LogP contribution is -2.20. The molecule has 126 valence electrons. The normalized spacial score (nSPS) is 10.3.